The summed E-state index contributed by atoms with van der Waals surface area (Å²) in [6.45, 7) is 1.97. The highest BCUT2D eigenvalue weighted by Gasteiger charge is 2.26. The first-order valence-electron chi connectivity index (χ1n) is 5.29. The SMILES string of the molecule is Cc1ccn(-c2cc(C3CC3)nc(Br)n2)n1. The zero-order chi connectivity index (χ0) is 11.1. The van der Waals surface area contributed by atoms with Gasteiger partial charge in [0.15, 0.2) is 10.6 Å². The van der Waals surface area contributed by atoms with Crippen molar-refractivity contribution in [1.29, 1.82) is 0 Å². The van der Waals surface area contributed by atoms with Crippen molar-refractivity contribution in [2.24, 2.45) is 0 Å². The predicted molar refractivity (Wildman–Crippen MR) is 63.6 cm³/mol. The third kappa shape index (κ3) is 1.87. The Balaban J connectivity index is 2.06. The van der Waals surface area contributed by atoms with Gasteiger partial charge in [0.1, 0.15) is 0 Å². The summed E-state index contributed by atoms with van der Waals surface area (Å²) in [4.78, 5) is 8.73. The van der Waals surface area contributed by atoms with E-state index in [1.807, 2.05) is 25.3 Å². The zero-order valence-corrected chi connectivity index (χ0v) is 10.5. The molecular weight excluding hydrogens is 268 g/mol. The Morgan fingerprint density at radius 1 is 1.38 bits per heavy atom. The Hall–Kier alpha value is -1.23. The Bertz CT molecular complexity index is 531. The maximum Gasteiger partial charge on any atom is 0.198 e. The fourth-order valence-corrected chi connectivity index (χ4v) is 2.06. The molecule has 0 amide bonds. The molecule has 1 saturated carbocycles. The van der Waals surface area contributed by atoms with Crippen molar-refractivity contribution in [2.45, 2.75) is 25.7 Å². The smallest absolute Gasteiger partial charge is 0.198 e. The second-order valence-electron chi connectivity index (χ2n) is 4.10. The fraction of sp³-hybridized carbons (Fsp3) is 0.364. The Labute approximate surface area is 102 Å². The third-order valence-corrected chi connectivity index (χ3v) is 3.01. The van der Waals surface area contributed by atoms with Gasteiger partial charge in [-0.15, -0.1) is 0 Å². The number of halogens is 1. The number of aryl methyl sites for hydroxylation is 1. The second-order valence-corrected chi connectivity index (χ2v) is 4.81. The Kier molecular flexibility index (Phi) is 2.28. The average Bonchev–Trinajstić information content (AvgIpc) is 3.01. The van der Waals surface area contributed by atoms with Gasteiger partial charge in [-0.2, -0.15) is 5.10 Å². The fourth-order valence-electron chi connectivity index (χ4n) is 1.67. The topological polar surface area (TPSA) is 43.6 Å². The number of hydrogen-bond donors (Lipinski definition) is 0. The van der Waals surface area contributed by atoms with Crippen molar-refractivity contribution in [3.63, 3.8) is 0 Å². The molecule has 0 N–H and O–H groups in total. The molecule has 1 aliphatic carbocycles. The van der Waals surface area contributed by atoms with E-state index in [-0.39, 0.29) is 0 Å². The molecule has 3 rings (SSSR count). The van der Waals surface area contributed by atoms with Crippen LogP contribution in [0.4, 0.5) is 0 Å². The number of rotatable bonds is 2. The highest BCUT2D eigenvalue weighted by molar-refractivity contribution is 9.10. The van der Waals surface area contributed by atoms with Gasteiger partial charge in [-0.05, 0) is 41.8 Å². The van der Waals surface area contributed by atoms with Crippen LogP contribution in [0.1, 0.15) is 30.1 Å². The molecule has 0 bridgehead atoms. The predicted octanol–water partition coefficient (Wildman–Crippen LogP) is 2.61. The molecule has 82 valence electrons. The lowest BCUT2D eigenvalue weighted by Crippen LogP contribution is -2.02. The van der Waals surface area contributed by atoms with E-state index in [1.54, 1.807) is 4.68 Å². The van der Waals surface area contributed by atoms with Crippen LogP contribution in [-0.4, -0.2) is 19.7 Å². The average molecular weight is 279 g/mol. The molecule has 5 heteroatoms. The maximum atomic E-state index is 4.39. The number of aromatic nitrogens is 4. The summed E-state index contributed by atoms with van der Waals surface area (Å²) in [5.41, 5.74) is 2.10. The van der Waals surface area contributed by atoms with Gasteiger partial charge in [0.25, 0.3) is 0 Å². The minimum absolute atomic E-state index is 0.620. The standard InChI is InChI=1S/C11H11BrN4/c1-7-4-5-16(15-7)10-6-9(8-2-3-8)13-11(12)14-10/h4-6,8H,2-3H2,1H3. The first-order valence-corrected chi connectivity index (χ1v) is 6.09. The molecule has 2 aromatic rings. The van der Waals surface area contributed by atoms with Crippen LogP contribution >= 0.6 is 15.9 Å². The molecule has 1 fully saturated rings. The largest absolute Gasteiger partial charge is 0.227 e. The number of hydrogen-bond acceptors (Lipinski definition) is 3. The highest BCUT2D eigenvalue weighted by atomic mass is 79.9. The molecule has 0 radical (unpaired) electrons. The second kappa shape index (κ2) is 3.66. The molecule has 0 spiro atoms. The van der Waals surface area contributed by atoms with Crippen LogP contribution in [0, 0.1) is 6.92 Å². The monoisotopic (exact) mass is 278 g/mol. The first kappa shape index (κ1) is 9.96. The van der Waals surface area contributed by atoms with Crippen LogP contribution < -0.4 is 0 Å². The molecule has 0 aromatic carbocycles. The lowest BCUT2D eigenvalue weighted by atomic mass is 10.3. The van der Waals surface area contributed by atoms with Gasteiger partial charge in [0, 0.05) is 18.2 Å². The molecule has 0 unspecified atom stereocenters. The zero-order valence-electron chi connectivity index (χ0n) is 8.89. The summed E-state index contributed by atoms with van der Waals surface area (Å²) in [6, 6.07) is 3.99. The molecule has 0 aliphatic heterocycles. The summed E-state index contributed by atoms with van der Waals surface area (Å²) in [6.07, 6.45) is 4.39. The third-order valence-electron chi connectivity index (χ3n) is 2.66. The van der Waals surface area contributed by atoms with E-state index in [9.17, 15) is 0 Å². The molecule has 4 nitrogen and oxygen atoms in total. The van der Waals surface area contributed by atoms with Crippen molar-refractivity contribution < 1.29 is 0 Å². The lowest BCUT2D eigenvalue weighted by molar-refractivity contribution is 0.808. The first-order chi connectivity index (χ1) is 7.72. The van der Waals surface area contributed by atoms with Crippen molar-refractivity contribution in [3.05, 3.63) is 34.5 Å². The lowest BCUT2D eigenvalue weighted by Gasteiger charge is -2.04. The van der Waals surface area contributed by atoms with Crippen LogP contribution in [0.3, 0.4) is 0 Å². The minimum Gasteiger partial charge on any atom is -0.227 e. The molecular formula is C11H11BrN4. The maximum absolute atomic E-state index is 4.39. The molecule has 0 atom stereocenters. The van der Waals surface area contributed by atoms with E-state index in [1.165, 1.54) is 12.8 Å². The van der Waals surface area contributed by atoms with Crippen molar-refractivity contribution in [3.8, 4) is 5.82 Å². The van der Waals surface area contributed by atoms with E-state index in [0.29, 0.717) is 10.7 Å². The van der Waals surface area contributed by atoms with Gasteiger partial charge in [-0.3, -0.25) is 0 Å². The van der Waals surface area contributed by atoms with E-state index in [4.69, 9.17) is 0 Å². The van der Waals surface area contributed by atoms with Crippen LogP contribution in [0.5, 0.6) is 0 Å². The Morgan fingerprint density at radius 2 is 2.19 bits per heavy atom. The summed E-state index contributed by atoms with van der Waals surface area (Å²) in [5.74, 6) is 1.45. The summed E-state index contributed by atoms with van der Waals surface area (Å²) >= 11 is 3.35. The van der Waals surface area contributed by atoms with Gasteiger partial charge >= 0.3 is 0 Å². The van der Waals surface area contributed by atoms with Gasteiger partial charge in [-0.25, -0.2) is 14.6 Å². The Morgan fingerprint density at radius 3 is 2.81 bits per heavy atom. The quantitative estimate of drug-likeness (QED) is 0.794. The van der Waals surface area contributed by atoms with Crippen LogP contribution in [-0.2, 0) is 0 Å². The highest BCUT2D eigenvalue weighted by Crippen LogP contribution is 2.39. The van der Waals surface area contributed by atoms with Gasteiger partial charge in [-0.1, -0.05) is 0 Å². The van der Waals surface area contributed by atoms with E-state index >= 15 is 0 Å². The van der Waals surface area contributed by atoms with E-state index in [2.05, 4.69) is 31.0 Å². The van der Waals surface area contributed by atoms with Crippen LogP contribution in [0.15, 0.2) is 23.1 Å². The molecule has 2 heterocycles. The summed E-state index contributed by atoms with van der Waals surface area (Å²) in [5, 5.41) is 4.35. The van der Waals surface area contributed by atoms with E-state index < -0.39 is 0 Å². The van der Waals surface area contributed by atoms with Crippen molar-refractivity contribution >= 4 is 15.9 Å². The van der Waals surface area contributed by atoms with Gasteiger partial charge in [0.05, 0.1) is 11.4 Å². The van der Waals surface area contributed by atoms with E-state index in [0.717, 1.165) is 17.2 Å². The summed E-state index contributed by atoms with van der Waals surface area (Å²) < 4.78 is 2.42. The molecule has 16 heavy (non-hydrogen) atoms. The molecule has 0 saturated heterocycles. The summed E-state index contributed by atoms with van der Waals surface area (Å²) in [7, 11) is 0. The number of nitrogens with zero attached hydrogens (tertiary/aromatic N) is 4. The van der Waals surface area contributed by atoms with Gasteiger partial charge in [0.2, 0.25) is 0 Å². The van der Waals surface area contributed by atoms with Crippen LogP contribution in [0.25, 0.3) is 5.82 Å². The van der Waals surface area contributed by atoms with Gasteiger partial charge < -0.3 is 0 Å². The van der Waals surface area contributed by atoms with Crippen LogP contribution in [0.2, 0.25) is 0 Å². The van der Waals surface area contributed by atoms with Crippen molar-refractivity contribution in [1.82, 2.24) is 19.7 Å². The normalized spacial score (nSPS) is 15.4. The van der Waals surface area contributed by atoms with Crippen molar-refractivity contribution in [2.75, 3.05) is 0 Å². The minimum atomic E-state index is 0.620. The molecule has 1 aliphatic rings. The molecule has 2 aromatic heterocycles.